The maximum Gasteiger partial charge on any atom is 0.256 e. The third kappa shape index (κ3) is 3.73. The van der Waals surface area contributed by atoms with Gasteiger partial charge in [0.2, 0.25) is 10.0 Å². The molecule has 8 nitrogen and oxygen atoms in total. The molecule has 1 fully saturated rings. The number of morpholine rings is 1. The summed E-state index contributed by atoms with van der Waals surface area (Å²) in [5.41, 5.74) is 0.328. The van der Waals surface area contributed by atoms with Crippen LogP contribution in [0.15, 0.2) is 39.8 Å². The van der Waals surface area contributed by atoms with Gasteiger partial charge >= 0.3 is 0 Å². The lowest BCUT2D eigenvalue weighted by molar-refractivity contribution is 0.0393. The Labute approximate surface area is 145 Å². The van der Waals surface area contributed by atoms with Gasteiger partial charge in [0.15, 0.2) is 5.82 Å². The fourth-order valence-electron chi connectivity index (χ4n) is 2.60. The molecule has 0 radical (unpaired) electrons. The molecule has 25 heavy (non-hydrogen) atoms. The van der Waals surface area contributed by atoms with E-state index in [-0.39, 0.29) is 10.9 Å². The lowest BCUT2D eigenvalue weighted by Crippen LogP contribution is -2.46. The molecule has 0 aliphatic carbocycles. The van der Waals surface area contributed by atoms with Crippen molar-refractivity contribution < 1.29 is 22.5 Å². The minimum atomic E-state index is -3.61. The first-order valence-electron chi connectivity index (χ1n) is 7.82. The van der Waals surface area contributed by atoms with Crippen LogP contribution in [0.2, 0.25) is 0 Å². The average molecular weight is 365 g/mol. The van der Waals surface area contributed by atoms with Crippen LogP contribution in [-0.2, 0) is 14.8 Å². The molecular weight excluding hydrogens is 346 g/mol. The number of aryl methyl sites for hydroxylation is 1. The highest BCUT2D eigenvalue weighted by Gasteiger charge is 2.31. The summed E-state index contributed by atoms with van der Waals surface area (Å²) in [5.74, 6) is 0.495. The van der Waals surface area contributed by atoms with Crippen LogP contribution in [0.3, 0.4) is 0 Å². The first-order valence-corrected chi connectivity index (χ1v) is 9.26. The largest absolute Gasteiger partial charge is 0.378 e. The van der Waals surface area contributed by atoms with Crippen molar-refractivity contribution in [3.63, 3.8) is 0 Å². The third-order valence-electron chi connectivity index (χ3n) is 3.90. The molecule has 2 heterocycles. The molecule has 0 spiro atoms. The standard InChI is InChI=1S/C16H19N3O5S/c1-11-10-23-8-7-19(11)25(21,22)14-5-3-13(4-6-14)16(20)17-15-9-12(2)24-18-15/h3-6,9,11H,7-8,10H2,1-2H3,(H,17,18,20). The van der Waals surface area contributed by atoms with E-state index in [0.717, 1.165) is 0 Å². The summed E-state index contributed by atoms with van der Waals surface area (Å²) in [7, 11) is -3.61. The summed E-state index contributed by atoms with van der Waals surface area (Å²) in [6.07, 6.45) is 0. The van der Waals surface area contributed by atoms with Crippen LogP contribution < -0.4 is 5.32 Å². The zero-order chi connectivity index (χ0) is 18.0. The first-order chi connectivity index (χ1) is 11.9. The monoisotopic (exact) mass is 365 g/mol. The number of hydrogen-bond donors (Lipinski definition) is 1. The van der Waals surface area contributed by atoms with Gasteiger partial charge in [-0.3, -0.25) is 4.79 Å². The smallest absolute Gasteiger partial charge is 0.256 e. The van der Waals surface area contributed by atoms with Crippen LogP contribution in [0, 0.1) is 6.92 Å². The van der Waals surface area contributed by atoms with Gasteiger partial charge in [0.05, 0.1) is 18.1 Å². The summed E-state index contributed by atoms with van der Waals surface area (Å²) < 4.78 is 37.0. The number of rotatable bonds is 4. The Kier molecular flexibility index (Phi) is 4.89. The van der Waals surface area contributed by atoms with Crippen LogP contribution in [0.4, 0.5) is 5.82 Å². The number of carbonyl (C=O) groups excluding carboxylic acids is 1. The zero-order valence-electron chi connectivity index (χ0n) is 13.9. The molecular formula is C16H19N3O5S. The van der Waals surface area contributed by atoms with Crippen molar-refractivity contribution in [3.8, 4) is 0 Å². The number of nitrogens with zero attached hydrogens (tertiary/aromatic N) is 2. The molecule has 0 saturated carbocycles. The Morgan fingerprint density at radius 1 is 1.32 bits per heavy atom. The van der Waals surface area contributed by atoms with Crippen LogP contribution in [-0.4, -0.2) is 49.6 Å². The van der Waals surface area contributed by atoms with Crippen molar-refractivity contribution in [2.24, 2.45) is 0 Å². The predicted octanol–water partition coefficient (Wildman–Crippen LogP) is 1.64. The number of hydrogen-bond acceptors (Lipinski definition) is 6. The van der Waals surface area contributed by atoms with Gasteiger partial charge in [0.1, 0.15) is 5.76 Å². The van der Waals surface area contributed by atoms with Gasteiger partial charge in [0, 0.05) is 24.2 Å². The first kappa shape index (κ1) is 17.6. The minimum absolute atomic E-state index is 0.148. The molecule has 1 aliphatic rings. The van der Waals surface area contributed by atoms with Crippen molar-refractivity contribution in [1.29, 1.82) is 0 Å². The van der Waals surface area contributed by atoms with E-state index >= 15 is 0 Å². The van der Waals surface area contributed by atoms with Crippen LogP contribution in [0.5, 0.6) is 0 Å². The number of aromatic nitrogens is 1. The molecule has 1 saturated heterocycles. The lowest BCUT2D eigenvalue weighted by atomic mass is 10.2. The Balaban J connectivity index is 1.76. The highest BCUT2D eigenvalue weighted by atomic mass is 32.2. The molecule has 134 valence electrons. The molecule has 1 amide bonds. The zero-order valence-corrected chi connectivity index (χ0v) is 14.7. The maximum absolute atomic E-state index is 12.7. The van der Waals surface area contributed by atoms with Crippen molar-refractivity contribution in [3.05, 3.63) is 41.7 Å². The maximum atomic E-state index is 12.7. The van der Waals surface area contributed by atoms with Crippen molar-refractivity contribution in [2.45, 2.75) is 24.8 Å². The summed E-state index contributed by atoms with van der Waals surface area (Å²) in [6, 6.07) is 7.18. The highest BCUT2D eigenvalue weighted by Crippen LogP contribution is 2.21. The quantitative estimate of drug-likeness (QED) is 0.884. The van der Waals surface area contributed by atoms with E-state index in [9.17, 15) is 13.2 Å². The third-order valence-corrected chi connectivity index (χ3v) is 5.93. The summed E-state index contributed by atoms with van der Waals surface area (Å²) in [5, 5.41) is 6.27. The van der Waals surface area contributed by atoms with E-state index in [0.29, 0.717) is 36.9 Å². The number of anilines is 1. The van der Waals surface area contributed by atoms with Gasteiger partial charge in [-0.2, -0.15) is 4.31 Å². The molecule has 1 aromatic heterocycles. The summed E-state index contributed by atoms with van der Waals surface area (Å²) in [4.78, 5) is 12.3. The van der Waals surface area contributed by atoms with E-state index < -0.39 is 15.9 Å². The van der Waals surface area contributed by atoms with E-state index in [1.807, 2.05) is 0 Å². The summed E-state index contributed by atoms with van der Waals surface area (Å²) in [6.45, 7) is 4.59. The summed E-state index contributed by atoms with van der Waals surface area (Å²) >= 11 is 0. The van der Waals surface area contributed by atoms with Crippen molar-refractivity contribution >= 4 is 21.7 Å². The molecule has 1 unspecified atom stereocenters. The van der Waals surface area contributed by atoms with Gasteiger partial charge in [-0.05, 0) is 38.1 Å². The number of carbonyl (C=O) groups is 1. The normalized spacial score (nSPS) is 18.9. The molecule has 0 bridgehead atoms. The SMILES string of the molecule is Cc1cc(NC(=O)c2ccc(S(=O)(=O)N3CCOCC3C)cc2)no1. The highest BCUT2D eigenvalue weighted by molar-refractivity contribution is 7.89. The van der Waals surface area contributed by atoms with Gasteiger partial charge in [0.25, 0.3) is 5.91 Å². The number of ether oxygens (including phenoxy) is 1. The lowest BCUT2D eigenvalue weighted by Gasteiger charge is -2.32. The Bertz CT molecular complexity index is 860. The van der Waals surface area contributed by atoms with Crippen molar-refractivity contribution in [2.75, 3.05) is 25.1 Å². The van der Waals surface area contributed by atoms with Crippen LogP contribution >= 0.6 is 0 Å². The molecule has 9 heteroatoms. The molecule has 1 aromatic carbocycles. The molecule has 1 aliphatic heterocycles. The fourth-order valence-corrected chi connectivity index (χ4v) is 4.20. The molecule has 1 atom stereocenters. The second kappa shape index (κ2) is 6.95. The van der Waals surface area contributed by atoms with Gasteiger partial charge in [-0.15, -0.1) is 0 Å². The Hall–Kier alpha value is -2.23. The van der Waals surface area contributed by atoms with Crippen LogP contribution in [0.1, 0.15) is 23.0 Å². The fraction of sp³-hybridized carbons (Fsp3) is 0.375. The van der Waals surface area contributed by atoms with Gasteiger partial charge in [-0.1, -0.05) is 5.16 Å². The number of sulfonamides is 1. The number of nitrogens with one attached hydrogen (secondary N) is 1. The van der Waals surface area contributed by atoms with E-state index in [1.165, 1.54) is 28.6 Å². The average Bonchev–Trinajstić information content (AvgIpc) is 3.00. The molecule has 1 N–H and O–H groups in total. The second-order valence-corrected chi connectivity index (χ2v) is 7.73. The Morgan fingerprint density at radius 2 is 2.04 bits per heavy atom. The predicted molar refractivity (Wildman–Crippen MR) is 89.8 cm³/mol. The van der Waals surface area contributed by atoms with Crippen molar-refractivity contribution in [1.82, 2.24) is 9.46 Å². The van der Waals surface area contributed by atoms with E-state index in [2.05, 4.69) is 10.5 Å². The topological polar surface area (TPSA) is 102 Å². The second-order valence-electron chi connectivity index (χ2n) is 5.84. The number of amides is 1. The van der Waals surface area contributed by atoms with Gasteiger partial charge < -0.3 is 14.6 Å². The van der Waals surface area contributed by atoms with Gasteiger partial charge in [-0.25, -0.2) is 8.42 Å². The number of benzene rings is 1. The molecule has 3 rings (SSSR count). The Morgan fingerprint density at radius 3 is 2.64 bits per heavy atom. The van der Waals surface area contributed by atoms with E-state index in [4.69, 9.17) is 9.26 Å². The minimum Gasteiger partial charge on any atom is -0.378 e. The van der Waals surface area contributed by atoms with Crippen LogP contribution in [0.25, 0.3) is 0 Å². The molecule has 2 aromatic rings. The van der Waals surface area contributed by atoms with E-state index in [1.54, 1.807) is 19.9 Å².